The van der Waals surface area contributed by atoms with Gasteiger partial charge < -0.3 is 9.15 Å². The minimum Gasteiger partial charge on any atom is -0.497 e. The first-order valence-electron chi connectivity index (χ1n) is 5.98. The molecule has 0 amide bonds. The van der Waals surface area contributed by atoms with Gasteiger partial charge in [0.25, 0.3) is 0 Å². The number of fused-ring (bicyclic) bond motifs is 1. The molecule has 0 unspecified atom stereocenters. The summed E-state index contributed by atoms with van der Waals surface area (Å²) in [6, 6.07) is 5.83. The molecule has 0 spiro atoms. The van der Waals surface area contributed by atoms with Gasteiger partial charge in [-0.25, -0.2) is 4.79 Å². The van der Waals surface area contributed by atoms with E-state index >= 15 is 0 Å². The van der Waals surface area contributed by atoms with E-state index in [0.717, 1.165) is 18.4 Å². The maximum Gasteiger partial charge on any atom is 0.420 e. The second-order valence-corrected chi connectivity index (χ2v) is 4.51. The van der Waals surface area contributed by atoms with E-state index < -0.39 is 0 Å². The van der Waals surface area contributed by atoms with Gasteiger partial charge >= 0.3 is 5.76 Å². The molecule has 0 saturated heterocycles. The summed E-state index contributed by atoms with van der Waals surface area (Å²) in [5.74, 6) is 0.463. The van der Waals surface area contributed by atoms with Gasteiger partial charge in [0.15, 0.2) is 5.58 Å². The second-order valence-electron chi connectivity index (χ2n) is 4.51. The van der Waals surface area contributed by atoms with Gasteiger partial charge in [-0.3, -0.25) is 4.57 Å². The molecular formula is C13H15NO3. The van der Waals surface area contributed by atoms with Crippen LogP contribution in [-0.2, 0) is 0 Å². The van der Waals surface area contributed by atoms with Gasteiger partial charge in [0.05, 0.1) is 12.6 Å². The lowest BCUT2D eigenvalue weighted by molar-refractivity contribution is 0.414. The Hall–Kier alpha value is -1.71. The molecule has 2 aromatic rings. The summed E-state index contributed by atoms with van der Waals surface area (Å²) in [5.41, 5.74) is 1.49. The van der Waals surface area contributed by atoms with Crippen LogP contribution < -0.4 is 10.5 Å². The Bertz CT molecular complexity index is 590. The van der Waals surface area contributed by atoms with Crippen LogP contribution in [0.15, 0.2) is 27.4 Å². The van der Waals surface area contributed by atoms with Crippen molar-refractivity contribution in [3.8, 4) is 5.75 Å². The molecule has 1 fully saturated rings. The van der Waals surface area contributed by atoms with Crippen LogP contribution in [0.25, 0.3) is 11.1 Å². The Morgan fingerprint density at radius 2 is 2.12 bits per heavy atom. The summed E-state index contributed by atoms with van der Waals surface area (Å²) in [6.07, 6.45) is 4.53. The van der Waals surface area contributed by atoms with Gasteiger partial charge in [0, 0.05) is 12.1 Å². The lowest BCUT2D eigenvalue weighted by Gasteiger charge is -2.09. The van der Waals surface area contributed by atoms with Crippen molar-refractivity contribution in [2.75, 3.05) is 7.11 Å². The number of nitrogens with zero attached hydrogens (tertiary/aromatic N) is 1. The fourth-order valence-corrected chi connectivity index (χ4v) is 2.65. The number of hydrogen-bond donors (Lipinski definition) is 0. The lowest BCUT2D eigenvalue weighted by atomic mass is 10.2. The third-order valence-corrected chi connectivity index (χ3v) is 3.51. The monoisotopic (exact) mass is 233 g/mol. The Morgan fingerprint density at radius 1 is 1.35 bits per heavy atom. The molecule has 0 aliphatic heterocycles. The molecule has 1 heterocycles. The zero-order chi connectivity index (χ0) is 11.8. The normalized spacial score (nSPS) is 16.8. The smallest absolute Gasteiger partial charge is 0.420 e. The van der Waals surface area contributed by atoms with Crippen LogP contribution in [0.2, 0.25) is 0 Å². The number of aromatic nitrogens is 1. The summed E-state index contributed by atoms with van der Waals surface area (Å²) in [6.45, 7) is 0. The molecule has 3 rings (SSSR count). The third-order valence-electron chi connectivity index (χ3n) is 3.51. The van der Waals surface area contributed by atoms with Crippen LogP contribution in [0.5, 0.6) is 5.75 Å². The number of benzene rings is 1. The van der Waals surface area contributed by atoms with Crippen LogP contribution in [0.4, 0.5) is 0 Å². The Morgan fingerprint density at radius 3 is 2.82 bits per heavy atom. The van der Waals surface area contributed by atoms with Crippen molar-refractivity contribution < 1.29 is 9.15 Å². The van der Waals surface area contributed by atoms with Crippen LogP contribution >= 0.6 is 0 Å². The third kappa shape index (κ3) is 1.64. The summed E-state index contributed by atoms with van der Waals surface area (Å²) < 4.78 is 12.2. The van der Waals surface area contributed by atoms with Crippen LogP contribution in [0, 0.1) is 0 Å². The predicted molar refractivity (Wildman–Crippen MR) is 64.5 cm³/mol. The molecule has 90 valence electrons. The molecule has 1 aromatic heterocycles. The molecule has 0 bridgehead atoms. The molecule has 1 aliphatic carbocycles. The highest BCUT2D eigenvalue weighted by Gasteiger charge is 2.22. The standard InChI is InChI=1S/C13H15NO3/c1-16-10-6-7-11-12(8-10)17-13(15)14(11)9-4-2-3-5-9/h6-9H,2-5H2,1H3. The van der Waals surface area contributed by atoms with E-state index in [9.17, 15) is 4.79 Å². The van der Waals surface area contributed by atoms with Crippen LogP contribution in [0.3, 0.4) is 0 Å². The van der Waals surface area contributed by atoms with Gasteiger partial charge in [-0.15, -0.1) is 0 Å². The largest absolute Gasteiger partial charge is 0.497 e. The highest BCUT2D eigenvalue weighted by molar-refractivity contribution is 5.74. The van der Waals surface area contributed by atoms with Gasteiger partial charge in [-0.1, -0.05) is 12.8 Å². The first-order chi connectivity index (χ1) is 8.29. The Balaban J connectivity index is 2.17. The van der Waals surface area contributed by atoms with E-state index in [1.54, 1.807) is 17.7 Å². The summed E-state index contributed by atoms with van der Waals surface area (Å²) in [5, 5.41) is 0. The minimum atomic E-state index is -0.250. The summed E-state index contributed by atoms with van der Waals surface area (Å²) in [7, 11) is 1.60. The van der Waals surface area contributed by atoms with E-state index in [0.29, 0.717) is 17.4 Å². The second kappa shape index (κ2) is 3.95. The molecule has 0 atom stereocenters. The maximum absolute atomic E-state index is 11.9. The van der Waals surface area contributed by atoms with Gasteiger partial charge in [-0.05, 0) is 25.0 Å². The molecular weight excluding hydrogens is 218 g/mol. The SMILES string of the molecule is COc1ccc2c(c1)oc(=O)n2C1CCCC1. The minimum absolute atomic E-state index is 0.250. The topological polar surface area (TPSA) is 44.4 Å². The Kier molecular flexibility index (Phi) is 2.42. The lowest BCUT2D eigenvalue weighted by Crippen LogP contribution is -2.18. The molecule has 1 aliphatic rings. The van der Waals surface area contributed by atoms with Crippen molar-refractivity contribution in [1.29, 1.82) is 0 Å². The number of methoxy groups -OCH3 is 1. The first-order valence-corrected chi connectivity index (χ1v) is 5.98. The van der Waals surface area contributed by atoms with Gasteiger partial charge in [-0.2, -0.15) is 0 Å². The molecule has 4 nitrogen and oxygen atoms in total. The molecule has 0 radical (unpaired) electrons. The van der Waals surface area contributed by atoms with Crippen LogP contribution in [0.1, 0.15) is 31.7 Å². The molecule has 4 heteroatoms. The van der Waals surface area contributed by atoms with Crippen molar-refractivity contribution >= 4 is 11.1 Å². The fourth-order valence-electron chi connectivity index (χ4n) is 2.65. The van der Waals surface area contributed by atoms with Gasteiger partial charge in [0.2, 0.25) is 0 Å². The predicted octanol–water partition coefficient (Wildman–Crippen LogP) is 2.72. The Labute approximate surface area is 98.8 Å². The quantitative estimate of drug-likeness (QED) is 0.801. The number of ether oxygens (including phenoxy) is 1. The van der Waals surface area contributed by atoms with E-state index in [1.807, 2.05) is 12.1 Å². The number of rotatable bonds is 2. The van der Waals surface area contributed by atoms with Crippen LogP contribution in [-0.4, -0.2) is 11.7 Å². The highest BCUT2D eigenvalue weighted by Crippen LogP contribution is 2.31. The van der Waals surface area contributed by atoms with Gasteiger partial charge in [0.1, 0.15) is 5.75 Å². The van der Waals surface area contributed by atoms with E-state index in [4.69, 9.17) is 9.15 Å². The van der Waals surface area contributed by atoms with Crippen molar-refractivity contribution in [3.63, 3.8) is 0 Å². The fraction of sp³-hybridized carbons (Fsp3) is 0.462. The number of oxazole rings is 1. The van der Waals surface area contributed by atoms with Crippen molar-refractivity contribution in [1.82, 2.24) is 4.57 Å². The molecule has 1 saturated carbocycles. The highest BCUT2D eigenvalue weighted by atomic mass is 16.5. The average molecular weight is 233 g/mol. The molecule has 1 aromatic carbocycles. The summed E-state index contributed by atoms with van der Waals surface area (Å²) in [4.78, 5) is 11.9. The van der Waals surface area contributed by atoms with Crippen molar-refractivity contribution in [3.05, 3.63) is 28.7 Å². The van der Waals surface area contributed by atoms with Crippen molar-refractivity contribution in [2.24, 2.45) is 0 Å². The summed E-state index contributed by atoms with van der Waals surface area (Å²) >= 11 is 0. The maximum atomic E-state index is 11.9. The molecule has 0 N–H and O–H groups in total. The number of hydrogen-bond acceptors (Lipinski definition) is 3. The van der Waals surface area contributed by atoms with E-state index in [-0.39, 0.29) is 5.76 Å². The van der Waals surface area contributed by atoms with E-state index in [2.05, 4.69) is 0 Å². The molecule has 17 heavy (non-hydrogen) atoms. The zero-order valence-electron chi connectivity index (χ0n) is 9.81. The average Bonchev–Trinajstić information content (AvgIpc) is 2.93. The first kappa shape index (κ1) is 10.4. The van der Waals surface area contributed by atoms with E-state index in [1.165, 1.54) is 12.8 Å². The van der Waals surface area contributed by atoms with Crippen molar-refractivity contribution in [2.45, 2.75) is 31.7 Å². The zero-order valence-corrected chi connectivity index (χ0v) is 9.81.